The summed E-state index contributed by atoms with van der Waals surface area (Å²) in [4.78, 5) is 7.07. The predicted molar refractivity (Wildman–Crippen MR) is 22.0 cm³/mol. The SMILES string of the molecule is [2H]c1ncccn1. The first kappa shape index (κ1) is 2.29. The van der Waals surface area contributed by atoms with E-state index < -0.39 is 0 Å². The quantitative estimate of drug-likeness (QED) is 0.454. The third-order valence-electron chi connectivity index (χ3n) is 0.437. The number of aromatic nitrogens is 2. The summed E-state index contributed by atoms with van der Waals surface area (Å²) in [6.07, 6.45) is 3.15. The Morgan fingerprint density at radius 1 is 1.33 bits per heavy atom. The van der Waals surface area contributed by atoms with Crippen LogP contribution < -0.4 is 0 Å². The maximum atomic E-state index is 6.77. The summed E-state index contributed by atoms with van der Waals surface area (Å²) in [5.74, 6) is 0. The zero-order valence-corrected chi connectivity index (χ0v) is 3.13. The third kappa shape index (κ3) is 0.516. The Balaban J connectivity index is 3.02. The lowest BCUT2D eigenvalue weighted by Crippen LogP contribution is -1.66. The summed E-state index contributed by atoms with van der Waals surface area (Å²) >= 11 is 0. The van der Waals surface area contributed by atoms with Crippen LogP contribution in [0, 0.1) is 0 Å². The third-order valence-corrected chi connectivity index (χ3v) is 0.437. The second-order valence-electron chi connectivity index (χ2n) is 0.849. The molecule has 0 spiro atoms. The molecule has 0 unspecified atom stereocenters. The molecule has 0 radical (unpaired) electrons. The Morgan fingerprint density at radius 2 is 2.00 bits per heavy atom. The van der Waals surface area contributed by atoms with E-state index in [1.807, 2.05) is 0 Å². The molecule has 0 fully saturated rings. The molecule has 0 saturated carbocycles. The van der Waals surface area contributed by atoms with Crippen LogP contribution in [0.1, 0.15) is 1.37 Å². The van der Waals surface area contributed by atoms with Crippen molar-refractivity contribution in [2.24, 2.45) is 0 Å². The second kappa shape index (κ2) is 1.50. The van der Waals surface area contributed by atoms with Gasteiger partial charge in [0, 0.05) is 12.4 Å². The van der Waals surface area contributed by atoms with E-state index in [-0.39, 0.29) is 6.30 Å². The summed E-state index contributed by atoms with van der Waals surface area (Å²) < 4.78 is 6.77. The van der Waals surface area contributed by atoms with Crippen molar-refractivity contribution in [2.45, 2.75) is 0 Å². The van der Waals surface area contributed by atoms with E-state index in [4.69, 9.17) is 1.37 Å². The molecule has 30 valence electrons. The summed E-state index contributed by atoms with van der Waals surface area (Å²) in [7, 11) is 0. The van der Waals surface area contributed by atoms with Gasteiger partial charge in [-0.3, -0.25) is 0 Å². The largest absolute Gasteiger partial charge is 0.245 e. The van der Waals surface area contributed by atoms with E-state index in [0.717, 1.165) is 0 Å². The molecule has 0 aromatic carbocycles. The molecule has 0 aliphatic rings. The van der Waals surface area contributed by atoms with Crippen LogP contribution in [-0.4, -0.2) is 9.97 Å². The van der Waals surface area contributed by atoms with Crippen molar-refractivity contribution in [3.63, 3.8) is 0 Å². The molecule has 2 nitrogen and oxygen atoms in total. The molecule has 1 rings (SSSR count). The van der Waals surface area contributed by atoms with Crippen LogP contribution in [0.25, 0.3) is 0 Å². The molecule has 1 aromatic rings. The van der Waals surface area contributed by atoms with Crippen LogP contribution in [0.4, 0.5) is 0 Å². The maximum Gasteiger partial charge on any atom is 0.115 e. The van der Waals surface area contributed by atoms with Crippen LogP contribution in [0.15, 0.2) is 24.8 Å². The van der Waals surface area contributed by atoms with E-state index in [0.29, 0.717) is 0 Å². The van der Waals surface area contributed by atoms with Gasteiger partial charge in [-0.2, -0.15) is 0 Å². The molecule has 0 aliphatic heterocycles. The highest BCUT2D eigenvalue weighted by atomic mass is 14.8. The van der Waals surface area contributed by atoms with Gasteiger partial charge in [0.05, 0.1) is 0 Å². The van der Waals surface area contributed by atoms with Crippen molar-refractivity contribution in [1.29, 1.82) is 0 Å². The van der Waals surface area contributed by atoms with Gasteiger partial charge in [0.15, 0.2) is 0 Å². The van der Waals surface area contributed by atoms with Crippen LogP contribution in [-0.2, 0) is 0 Å². The summed E-state index contributed by atoms with van der Waals surface area (Å²) in [5, 5.41) is 0. The van der Waals surface area contributed by atoms with Gasteiger partial charge in [-0.1, -0.05) is 0 Å². The van der Waals surface area contributed by atoms with Crippen molar-refractivity contribution in [3.05, 3.63) is 24.8 Å². The van der Waals surface area contributed by atoms with Crippen LogP contribution in [0.3, 0.4) is 0 Å². The van der Waals surface area contributed by atoms with E-state index in [9.17, 15) is 0 Å². The number of hydrogen-bond donors (Lipinski definition) is 0. The first-order chi connectivity index (χ1) is 3.39. The molecule has 0 bridgehead atoms. The van der Waals surface area contributed by atoms with Gasteiger partial charge >= 0.3 is 0 Å². The van der Waals surface area contributed by atoms with E-state index in [2.05, 4.69) is 9.97 Å². The normalized spacial score (nSPS) is 10.3. The number of nitrogens with zero attached hydrogens (tertiary/aromatic N) is 2. The van der Waals surface area contributed by atoms with Gasteiger partial charge in [0.2, 0.25) is 0 Å². The van der Waals surface area contributed by atoms with Gasteiger partial charge in [-0.25, -0.2) is 9.97 Å². The highest BCUT2D eigenvalue weighted by Crippen LogP contribution is 1.66. The minimum Gasteiger partial charge on any atom is -0.245 e. The lowest BCUT2D eigenvalue weighted by atomic mass is 10.7. The minimum absolute atomic E-state index is 0.0718. The second-order valence-corrected chi connectivity index (χ2v) is 0.849. The van der Waals surface area contributed by atoms with Crippen LogP contribution in [0.5, 0.6) is 0 Å². The van der Waals surface area contributed by atoms with Gasteiger partial charge in [-0.05, 0) is 6.07 Å². The van der Waals surface area contributed by atoms with Crippen LogP contribution in [0.2, 0.25) is 0 Å². The molecule has 0 N–H and O–H groups in total. The summed E-state index contributed by atoms with van der Waals surface area (Å²) in [6.45, 7) is 0. The predicted octanol–water partition coefficient (Wildman–Crippen LogP) is 0.477. The molecule has 1 aromatic heterocycles. The lowest BCUT2D eigenvalue weighted by Gasteiger charge is -1.70. The zero-order chi connectivity index (χ0) is 5.11. The Bertz CT molecular complexity index is 140. The van der Waals surface area contributed by atoms with E-state index in [1.54, 1.807) is 6.07 Å². The van der Waals surface area contributed by atoms with Gasteiger partial charge in [-0.15, -0.1) is 0 Å². The molecular formula is C4H4N2. The molecule has 2 heteroatoms. The van der Waals surface area contributed by atoms with Crippen molar-refractivity contribution in [3.8, 4) is 0 Å². The Morgan fingerprint density at radius 3 is 2.33 bits per heavy atom. The fourth-order valence-corrected chi connectivity index (χ4v) is 0.225. The monoisotopic (exact) mass is 81.0 g/mol. The molecule has 0 atom stereocenters. The van der Waals surface area contributed by atoms with E-state index in [1.165, 1.54) is 12.4 Å². The van der Waals surface area contributed by atoms with Crippen molar-refractivity contribution < 1.29 is 1.37 Å². The highest BCUT2D eigenvalue weighted by Gasteiger charge is 1.59. The highest BCUT2D eigenvalue weighted by molar-refractivity contribution is 4.74. The van der Waals surface area contributed by atoms with Crippen molar-refractivity contribution in [2.75, 3.05) is 0 Å². The van der Waals surface area contributed by atoms with Crippen molar-refractivity contribution >= 4 is 0 Å². The molecule has 0 saturated heterocycles. The summed E-state index contributed by atoms with van der Waals surface area (Å²) in [5.41, 5.74) is 0. The van der Waals surface area contributed by atoms with Gasteiger partial charge in [0.1, 0.15) is 7.67 Å². The number of rotatable bonds is 0. The molecule has 1 heterocycles. The van der Waals surface area contributed by atoms with Crippen molar-refractivity contribution in [1.82, 2.24) is 9.97 Å². The fraction of sp³-hybridized carbons (Fsp3) is 0. The molecular weight excluding hydrogens is 76.1 g/mol. The minimum atomic E-state index is 0.0718. The van der Waals surface area contributed by atoms with Gasteiger partial charge in [0.25, 0.3) is 0 Å². The first-order valence-electron chi connectivity index (χ1n) is 2.13. The zero-order valence-electron chi connectivity index (χ0n) is 4.13. The Labute approximate surface area is 37.3 Å². The Kier molecular flexibility index (Phi) is 0.572. The standard InChI is InChI=1S/C4H4N2/c1-2-5-4-6-3-1/h1-4H/i4D. The molecule has 0 aliphatic carbocycles. The van der Waals surface area contributed by atoms with Crippen LogP contribution >= 0.6 is 0 Å². The van der Waals surface area contributed by atoms with E-state index >= 15 is 0 Å². The average Bonchev–Trinajstić information content (AvgIpc) is 1.69. The molecule has 0 amide bonds. The number of hydrogen-bond acceptors (Lipinski definition) is 2. The summed E-state index contributed by atoms with van der Waals surface area (Å²) in [6, 6.07) is 1.68. The molecule has 6 heavy (non-hydrogen) atoms. The average molecular weight is 81.1 g/mol. The lowest BCUT2D eigenvalue weighted by molar-refractivity contribution is 1.17. The van der Waals surface area contributed by atoms with Gasteiger partial charge < -0.3 is 0 Å². The Hall–Kier alpha value is -0.920. The first-order valence-corrected chi connectivity index (χ1v) is 1.63. The smallest absolute Gasteiger partial charge is 0.115 e. The maximum absolute atomic E-state index is 6.77. The fourth-order valence-electron chi connectivity index (χ4n) is 0.225. The topological polar surface area (TPSA) is 25.8 Å².